The van der Waals surface area contributed by atoms with Crippen LogP contribution in [0.4, 0.5) is 20.7 Å². The van der Waals surface area contributed by atoms with Crippen LogP contribution in [0, 0.1) is 15.9 Å². The number of hydrogen-bond donors (Lipinski definition) is 2. The molecule has 0 spiro atoms. The molecule has 1 aliphatic rings. The second kappa shape index (κ2) is 10.0. The number of nitrogens with two attached hydrogens (primary N) is 1. The number of nitro benzene ring substituents is 1. The molecule has 1 aromatic carbocycles. The highest BCUT2D eigenvalue weighted by Crippen LogP contribution is 2.27. The van der Waals surface area contributed by atoms with Crippen LogP contribution in [-0.4, -0.2) is 69.0 Å². The van der Waals surface area contributed by atoms with Crippen molar-refractivity contribution in [1.29, 1.82) is 0 Å². The molecule has 3 rings (SSSR count). The van der Waals surface area contributed by atoms with Crippen molar-refractivity contribution in [2.75, 3.05) is 32.0 Å². The number of hydrogen-bond acceptors (Lipinski definition) is 8. The van der Waals surface area contributed by atoms with Gasteiger partial charge in [-0.05, 0) is 32.8 Å². The zero-order valence-corrected chi connectivity index (χ0v) is 18.8. The number of non-ortho nitro benzene ring substituents is 1. The Morgan fingerprint density at radius 2 is 2.06 bits per heavy atom. The van der Waals surface area contributed by atoms with E-state index < -0.39 is 16.4 Å². The molecule has 0 bridgehead atoms. The van der Waals surface area contributed by atoms with Gasteiger partial charge in [0.05, 0.1) is 11.0 Å². The number of nitrogens with one attached hydrogen (secondary N) is 1. The molecule has 0 unspecified atom stereocenters. The molecule has 33 heavy (non-hydrogen) atoms. The van der Waals surface area contributed by atoms with E-state index in [4.69, 9.17) is 10.5 Å². The number of likely N-dealkylation sites (tertiary alicyclic amines) is 1. The number of ether oxygens (including phenoxy) is 1. The highest BCUT2D eigenvalue weighted by Gasteiger charge is 2.27. The molecule has 12 heteroatoms. The fourth-order valence-corrected chi connectivity index (χ4v) is 3.67. The molecule has 0 radical (unpaired) electrons. The number of aromatic nitrogens is 2. The lowest BCUT2D eigenvalue weighted by molar-refractivity contribution is -0.385. The van der Waals surface area contributed by atoms with Gasteiger partial charge in [0.2, 0.25) is 5.88 Å². The second-order valence-corrected chi connectivity index (χ2v) is 8.75. The third-order valence-corrected chi connectivity index (χ3v) is 5.27. The first kappa shape index (κ1) is 24.3. The molecule has 2 heterocycles. The molecule has 1 aromatic heterocycles. The van der Waals surface area contributed by atoms with Gasteiger partial charge in [-0.15, -0.1) is 0 Å². The molecule has 0 saturated carbocycles. The van der Waals surface area contributed by atoms with Crippen molar-refractivity contribution < 1.29 is 18.8 Å². The number of anilines is 1. The van der Waals surface area contributed by atoms with Gasteiger partial charge in [0.25, 0.3) is 5.69 Å². The van der Waals surface area contributed by atoms with Gasteiger partial charge < -0.3 is 20.3 Å². The average molecular weight is 461 g/mol. The summed E-state index contributed by atoms with van der Waals surface area (Å²) in [5.74, 6) is -0.978. The summed E-state index contributed by atoms with van der Waals surface area (Å²) in [7, 11) is 1.73. The Bertz CT molecular complexity index is 1010. The standard InChI is InChI=1S/C21H28FN7O4/c1-21(2,23)12-28-8-6-14(7-9-28)27(3)20(30)26-18-11-19(25-13-24-18)33-17-5-4-15(29(31)32)10-16(17)22/h4-5,10-11,13-14H,6-9,12,23H2,1-3H3,(H,24,25,26,30). The van der Waals surface area contributed by atoms with Crippen LogP contribution in [0.1, 0.15) is 26.7 Å². The molecular weight excluding hydrogens is 433 g/mol. The van der Waals surface area contributed by atoms with E-state index in [0.29, 0.717) is 0 Å². The minimum Gasteiger partial charge on any atom is -0.436 e. The Labute approximate surface area is 190 Å². The summed E-state index contributed by atoms with van der Waals surface area (Å²) in [6.45, 7) is 6.50. The van der Waals surface area contributed by atoms with Gasteiger partial charge in [-0.3, -0.25) is 15.4 Å². The Morgan fingerprint density at radius 1 is 1.36 bits per heavy atom. The summed E-state index contributed by atoms with van der Waals surface area (Å²) in [5, 5.41) is 13.4. The quantitative estimate of drug-likeness (QED) is 0.474. The molecule has 2 aromatic rings. The van der Waals surface area contributed by atoms with Crippen molar-refractivity contribution >= 4 is 17.5 Å². The van der Waals surface area contributed by atoms with Gasteiger partial charge in [0, 0.05) is 50.4 Å². The van der Waals surface area contributed by atoms with E-state index >= 15 is 0 Å². The maximum absolute atomic E-state index is 14.1. The van der Waals surface area contributed by atoms with Crippen LogP contribution in [0.5, 0.6) is 11.6 Å². The number of nitro groups is 1. The van der Waals surface area contributed by atoms with Crippen molar-refractivity contribution in [2.45, 2.75) is 38.3 Å². The topological polar surface area (TPSA) is 140 Å². The third-order valence-electron chi connectivity index (χ3n) is 5.27. The van der Waals surface area contributed by atoms with E-state index in [-0.39, 0.29) is 35.1 Å². The highest BCUT2D eigenvalue weighted by molar-refractivity contribution is 5.88. The number of amides is 2. The number of carbonyl (C=O) groups is 1. The molecule has 1 fully saturated rings. The van der Waals surface area contributed by atoms with Gasteiger partial charge in [0.15, 0.2) is 11.6 Å². The summed E-state index contributed by atoms with van der Waals surface area (Å²) < 4.78 is 19.4. The van der Waals surface area contributed by atoms with Gasteiger partial charge in [-0.25, -0.2) is 19.2 Å². The van der Waals surface area contributed by atoms with E-state index in [1.807, 2.05) is 13.8 Å². The van der Waals surface area contributed by atoms with Crippen LogP contribution in [0.3, 0.4) is 0 Å². The van der Waals surface area contributed by atoms with E-state index in [1.54, 1.807) is 11.9 Å². The number of halogens is 1. The molecule has 0 atom stereocenters. The predicted molar refractivity (Wildman–Crippen MR) is 120 cm³/mol. The molecule has 1 aliphatic heterocycles. The second-order valence-electron chi connectivity index (χ2n) is 8.75. The monoisotopic (exact) mass is 461 g/mol. The summed E-state index contributed by atoms with van der Waals surface area (Å²) in [5.41, 5.74) is 5.44. The lowest BCUT2D eigenvalue weighted by atomic mass is 10.0. The van der Waals surface area contributed by atoms with Crippen LogP contribution in [0.15, 0.2) is 30.6 Å². The number of nitrogens with zero attached hydrogens (tertiary/aromatic N) is 5. The average Bonchev–Trinajstić information content (AvgIpc) is 2.74. The fraction of sp³-hybridized carbons (Fsp3) is 0.476. The molecule has 178 valence electrons. The lowest BCUT2D eigenvalue weighted by Gasteiger charge is -2.38. The van der Waals surface area contributed by atoms with Crippen molar-refractivity contribution in [3.63, 3.8) is 0 Å². The van der Waals surface area contributed by atoms with Crippen LogP contribution in [0.2, 0.25) is 0 Å². The van der Waals surface area contributed by atoms with Crippen LogP contribution in [0.25, 0.3) is 0 Å². The largest absolute Gasteiger partial charge is 0.436 e. The Kier molecular flexibility index (Phi) is 7.39. The van der Waals surface area contributed by atoms with Gasteiger partial charge in [-0.1, -0.05) is 0 Å². The molecule has 0 aliphatic carbocycles. The number of piperidine rings is 1. The minimum absolute atomic E-state index is 0.0200. The molecule has 1 saturated heterocycles. The van der Waals surface area contributed by atoms with E-state index in [0.717, 1.165) is 50.7 Å². The van der Waals surface area contributed by atoms with Crippen LogP contribution < -0.4 is 15.8 Å². The van der Waals surface area contributed by atoms with Gasteiger partial charge in [0.1, 0.15) is 12.1 Å². The van der Waals surface area contributed by atoms with Gasteiger partial charge in [-0.2, -0.15) is 0 Å². The third kappa shape index (κ3) is 6.80. The van der Waals surface area contributed by atoms with E-state index in [2.05, 4.69) is 20.2 Å². The van der Waals surface area contributed by atoms with Crippen molar-refractivity contribution in [2.24, 2.45) is 5.73 Å². The Morgan fingerprint density at radius 3 is 2.67 bits per heavy atom. The number of carbonyl (C=O) groups excluding carboxylic acids is 1. The molecule has 3 N–H and O–H groups in total. The first-order chi connectivity index (χ1) is 15.5. The summed E-state index contributed by atoms with van der Waals surface area (Å²) in [6.07, 6.45) is 2.83. The van der Waals surface area contributed by atoms with Crippen LogP contribution >= 0.6 is 0 Å². The number of benzene rings is 1. The van der Waals surface area contributed by atoms with Crippen molar-refractivity contribution in [3.05, 3.63) is 46.5 Å². The van der Waals surface area contributed by atoms with E-state index in [9.17, 15) is 19.3 Å². The minimum atomic E-state index is -0.905. The summed E-state index contributed by atoms with van der Waals surface area (Å²) in [4.78, 5) is 34.6. The maximum atomic E-state index is 14.1. The van der Waals surface area contributed by atoms with Crippen molar-refractivity contribution in [3.8, 4) is 11.6 Å². The van der Waals surface area contributed by atoms with Crippen LogP contribution in [-0.2, 0) is 0 Å². The zero-order chi connectivity index (χ0) is 24.2. The smallest absolute Gasteiger partial charge is 0.323 e. The first-order valence-corrected chi connectivity index (χ1v) is 10.5. The maximum Gasteiger partial charge on any atom is 0.323 e. The van der Waals surface area contributed by atoms with Gasteiger partial charge >= 0.3 is 6.03 Å². The Balaban J connectivity index is 1.58. The zero-order valence-electron chi connectivity index (χ0n) is 18.8. The lowest BCUT2D eigenvalue weighted by Crippen LogP contribution is -2.51. The number of urea groups is 1. The SMILES string of the molecule is CN(C(=O)Nc1cc(Oc2ccc([N+](=O)[O-])cc2F)ncn1)C1CCN(CC(C)(C)N)CC1. The normalized spacial score (nSPS) is 15.2. The highest BCUT2D eigenvalue weighted by atomic mass is 19.1. The Hall–Kier alpha value is -3.38. The summed E-state index contributed by atoms with van der Waals surface area (Å²) >= 11 is 0. The summed E-state index contributed by atoms with van der Waals surface area (Å²) in [6, 6.07) is 4.11. The predicted octanol–water partition coefficient (Wildman–Crippen LogP) is 2.98. The van der Waals surface area contributed by atoms with Crippen molar-refractivity contribution in [1.82, 2.24) is 19.8 Å². The number of rotatable bonds is 7. The van der Waals surface area contributed by atoms with E-state index in [1.165, 1.54) is 12.4 Å². The fourth-order valence-electron chi connectivity index (χ4n) is 3.67. The first-order valence-electron chi connectivity index (χ1n) is 10.5. The molecule has 2 amide bonds. The molecule has 11 nitrogen and oxygen atoms in total. The molecular formula is C21H28FN7O4.